The maximum absolute atomic E-state index is 4.56. The molecule has 0 aromatic rings. The summed E-state index contributed by atoms with van der Waals surface area (Å²) in [6.45, 7) is 6.51. The molecule has 0 saturated heterocycles. The molecule has 1 heterocycles. The molecule has 0 bridgehead atoms. The molecule has 0 aromatic carbocycles. The normalized spacial score (nSPS) is 23.9. The predicted molar refractivity (Wildman–Crippen MR) is 53.4 cm³/mol. The van der Waals surface area contributed by atoms with Crippen molar-refractivity contribution in [3.63, 3.8) is 0 Å². The third-order valence-corrected chi connectivity index (χ3v) is 2.52. The van der Waals surface area contributed by atoms with Gasteiger partial charge in [-0.1, -0.05) is 20.8 Å². The minimum absolute atomic E-state index is 0.418. The number of hydrogen-bond acceptors (Lipinski definition) is 1. The molecule has 0 fully saturated rings. The molecule has 0 amide bonds. The van der Waals surface area contributed by atoms with Gasteiger partial charge in [-0.2, -0.15) is 0 Å². The molecule has 1 aliphatic heterocycles. The summed E-state index contributed by atoms with van der Waals surface area (Å²) < 4.78 is 1.19. The predicted octanol–water partition coefficient (Wildman–Crippen LogP) is 3.15. The molecule has 62 valence electrons. The van der Waals surface area contributed by atoms with Gasteiger partial charge in [0.05, 0.1) is 11.8 Å². The van der Waals surface area contributed by atoms with Gasteiger partial charge < -0.3 is 0 Å². The molecule has 0 N–H and O–H groups in total. The third kappa shape index (κ3) is 1.92. The highest BCUT2D eigenvalue weighted by atomic mass is 79.9. The molecule has 1 rings (SSSR count). The van der Waals surface area contributed by atoms with Gasteiger partial charge in [0, 0.05) is 4.48 Å². The van der Waals surface area contributed by atoms with Gasteiger partial charge in [0.2, 0.25) is 0 Å². The minimum atomic E-state index is 0.418. The van der Waals surface area contributed by atoms with Crippen molar-refractivity contribution in [2.75, 3.05) is 0 Å². The number of aliphatic imine (C=N–C) groups is 1. The van der Waals surface area contributed by atoms with Crippen LogP contribution in [-0.2, 0) is 0 Å². The van der Waals surface area contributed by atoms with Crippen LogP contribution >= 0.6 is 15.9 Å². The second-order valence-electron chi connectivity index (χ2n) is 3.16. The van der Waals surface area contributed by atoms with Crippen molar-refractivity contribution < 1.29 is 0 Å². The fourth-order valence-electron chi connectivity index (χ4n) is 1.17. The zero-order chi connectivity index (χ0) is 8.43. The lowest BCUT2D eigenvalue weighted by Crippen LogP contribution is -2.05. The Kier molecular flexibility index (Phi) is 2.88. The van der Waals surface area contributed by atoms with E-state index < -0.39 is 0 Å². The first-order chi connectivity index (χ1) is 5.15. The zero-order valence-corrected chi connectivity index (χ0v) is 8.85. The van der Waals surface area contributed by atoms with Crippen molar-refractivity contribution in [2.45, 2.75) is 33.2 Å². The van der Waals surface area contributed by atoms with E-state index in [9.17, 15) is 0 Å². The van der Waals surface area contributed by atoms with Crippen LogP contribution in [0.25, 0.3) is 0 Å². The van der Waals surface area contributed by atoms with Crippen molar-refractivity contribution in [1.82, 2.24) is 0 Å². The maximum atomic E-state index is 4.56. The van der Waals surface area contributed by atoms with Crippen LogP contribution in [0.2, 0.25) is 0 Å². The summed E-state index contributed by atoms with van der Waals surface area (Å²) >= 11 is 3.52. The van der Waals surface area contributed by atoms with Crippen molar-refractivity contribution in [3.8, 4) is 0 Å². The quantitative estimate of drug-likeness (QED) is 0.672. The summed E-state index contributed by atoms with van der Waals surface area (Å²) in [4.78, 5) is 4.56. The van der Waals surface area contributed by atoms with Gasteiger partial charge in [0.1, 0.15) is 0 Å². The van der Waals surface area contributed by atoms with E-state index in [0.29, 0.717) is 12.0 Å². The number of hydrogen-bond donors (Lipinski definition) is 0. The van der Waals surface area contributed by atoms with E-state index >= 15 is 0 Å². The minimum Gasteiger partial charge on any atom is -0.281 e. The van der Waals surface area contributed by atoms with E-state index in [4.69, 9.17) is 0 Å². The Morgan fingerprint density at radius 3 is 2.55 bits per heavy atom. The van der Waals surface area contributed by atoms with Crippen LogP contribution in [0.3, 0.4) is 0 Å². The van der Waals surface area contributed by atoms with E-state index in [1.165, 1.54) is 10.2 Å². The molecule has 1 aliphatic rings. The molecule has 1 atom stereocenters. The van der Waals surface area contributed by atoms with Gasteiger partial charge in [-0.15, -0.1) is 0 Å². The van der Waals surface area contributed by atoms with Crippen LogP contribution in [0.5, 0.6) is 0 Å². The van der Waals surface area contributed by atoms with Gasteiger partial charge >= 0.3 is 0 Å². The zero-order valence-electron chi connectivity index (χ0n) is 7.26. The van der Waals surface area contributed by atoms with Gasteiger partial charge in [-0.25, -0.2) is 0 Å². The molecule has 11 heavy (non-hydrogen) atoms. The van der Waals surface area contributed by atoms with Gasteiger partial charge in [0.15, 0.2) is 0 Å². The Hall–Kier alpha value is -0.110. The molecule has 1 nitrogen and oxygen atoms in total. The first kappa shape index (κ1) is 8.98. The second-order valence-corrected chi connectivity index (χ2v) is 4.01. The number of nitrogens with zero attached hydrogens (tertiary/aromatic N) is 1. The van der Waals surface area contributed by atoms with Crippen LogP contribution in [-0.4, -0.2) is 11.8 Å². The fraction of sp³-hybridized carbons (Fsp3) is 0.667. The van der Waals surface area contributed by atoms with Crippen LogP contribution in [0, 0.1) is 5.92 Å². The molecule has 0 radical (unpaired) electrons. The lowest BCUT2D eigenvalue weighted by Gasteiger charge is -2.03. The second kappa shape index (κ2) is 3.53. The third-order valence-electron chi connectivity index (χ3n) is 1.85. The number of halogens is 1. The van der Waals surface area contributed by atoms with Gasteiger partial charge in [-0.3, -0.25) is 4.99 Å². The number of allylic oxidation sites excluding steroid dienone is 1. The van der Waals surface area contributed by atoms with Crippen LogP contribution in [0.1, 0.15) is 27.2 Å². The first-order valence-corrected chi connectivity index (χ1v) is 4.89. The van der Waals surface area contributed by atoms with Crippen LogP contribution in [0.4, 0.5) is 0 Å². The lowest BCUT2D eigenvalue weighted by atomic mass is 10.1. The van der Waals surface area contributed by atoms with Crippen molar-refractivity contribution in [2.24, 2.45) is 10.9 Å². The van der Waals surface area contributed by atoms with E-state index in [1.807, 2.05) is 0 Å². The lowest BCUT2D eigenvalue weighted by molar-refractivity contribution is 0.783. The van der Waals surface area contributed by atoms with E-state index in [2.05, 4.69) is 47.8 Å². The molecular weight excluding hydrogens is 202 g/mol. The Morgan fingerprint density at radius 1 is 1.64 bits per heavy atom. The summed E-state index contributed by atoms with van der Waals surface area (Å²) in [6.07, 6.45) is 3.29. The highest BCUT2D eigenvalue weighted by Gasteiger charge is 2.17. The van der Waals surface area contributed by atoms with E-state index in [1.54, 1.807) is 0 Å². The van der Waals surface area contributed by atoms with Crippen molar-refractivity contribution >= 4 is 21.6 Å². The summed E-state index contributed by atoms with van der Waals surface area (Å²) in [5.74, 6) is 0.539. The average Bonchev–Trinajstić information content (AvgIpc) is 2.30. The van der Waals surface area contributed by atoms with Crippen LogP contribution in [0.15, 0.2) is 15.6 Å². The maximum Gasteiger partial charge on any atom is 0.0695 e. The molecule has 0 aromatic heterocycles. The smallest absolute Gasteiger partial charge is 0.0695 e. The number of rotatable bonds is 2. The summed E-state index contributed by atoms with van der Waals surface area (Å²) in [7, 11) is 0. The molecule has 2 heteroatoms. The van der Waals surface area contributed by atoms with Gasteiger partial charge in [-0.05, 0) is 34.3 Å². The standard InChI is InChI=1S/C9H14BrN/c1-4-7-5-8(10)9(11-7)6(2)3/h5-7H,4H2,1-3H3. The van der Waals surface area contributed by atoms with Crippen molar-refractivity contribution in [1.29, 1.82) is 0 Å². The highest BCUT2D eigenvalue weighted by Crippen LogP contribution is 2.24. The average molecular weight is 216 g/mol. The highest BCUT2D eigenvalue weighted by molar-refractivity contribution is 9.12. The van der Waals surface area contributed by atoms with E-state index in [0.717, 1.165) is 6.42 Å². The molecule has 0 saturated carbocycles. The summed E-state index contributed by atoms with van der Waals surface area (Å²) in [5, 5.41) is 0. The molecule has 0 aliphatic carbocycles. The molecular formula is C9H14BrN. The summed E-state index contributed by atoms with van der Waals surface area (Å²) in [6, 6.07) is 0.418. The first-order valence-electron chi connectivity index (χ1n) is 4.10. The summed E-state index contributed by atoms with van der Waals surface area (Å²) in [5.41, 5.74) is 1.22. The largest absolute Gasteiger partial charge is 0.281 e. The fourth-order valence-corrected chi connectivity index (χ4v) is 2.03. The van der Waals surface area contributed by atoms with E-state index in [-0.39, 0.29) is 0 Å². The van der Waals surface area contributed by atoms with Crippen LogP contribution < -0.4 is 0 Å². The Morgan fingerprint density at radius 2 is 2.27 bits per heavy atom. The molecule has 1 unspecified atom stereocenters. The topological polar surface area (TPSA) is 12.4 Å². The Bertz CT molecular complexity index is 204. The SMILES string of the molecule is CCC1C=C(Br)C(C(C)C)=N1. The van der Waals surface area contributed by atoms with Crippen molar-refractivity contribution in [3.05, 3.63) is 10.6 Å². The monoisotopic (exact) mass is 215 g/mol. The van der Waals surface area contributed by atoms with Gasteiger partial charge in [0.25, 0.3) is 0 Å². The Labute approximate surface area is 76.7 Å². The molecule has 0 spiro atoms. The Balaban J connectivity index is 2.76.